The van der Waals surface area contributed by atoms with E-state index in [9.17, 15) is 4.79 Å². The summed E-state index contributed by atoms with van der Waals surface area (Å²) in [5.41, 5.74) is 0.851. The summed E-state index contributed by atoms with van der Waals surface area (Å²) in [6.07, 6.45) is 2.53. The van der Waals surface area contributed by atoms with Gasteiger partial charge in [0, 0.05) is 11.9 Å². The first-order valence-electron chi connectivity index (χ1n) is 7.88. The number of furan rings is 1. The molecule has 3 aromatic rings. The van der Waals surface area contributed by atoms with Crippen molar-refractivity contribution >= 4 is 28.2 Å². The minimum atomic E-state index is -0.118. The van der Waals surface area contributed by atoms with Gasteiger partial charge in [-0.3, -0.25) is 4.79 Å². The number of hydrogen-bond acceptors (Lipinski definition) is 4. The second kappa shape index (κ2) is 6.54. The average molecular weight is 328 g/mol. The van der Waals surface area contributed by atoms with Crippen LogP contribution < -0.4 is 0 Å². The largest absolute Gasteiger partial charge is 0.459 e. The van der Waals surface area contributed by atoms with Crippen molar-refractivity contribution in [1.82, 2.24) is 9.88 Å². The van der Waals surface area contributed by atoms with Gasteiger partial charge in [0.2, 0.25) is 0 Å². The van der Waals surface area contributed by atoms with E-state index in [0.29, 0.717) is 11.4 Å². The van der Waals surface area contributed by atoms with E-state index < -0.39 is 0 Å². The molecule has 0 saturated carbocycles. The molecule has 1 aromatic carbocycles. The molecule has 0 N–H and O–H groups in total. The maximum Gasteiger partial charge on any atom is 0.266 e. The highest BCUT2D eigenvalue weighted by Gasteiger charge is 2.25. The Kier molecular flexibility index (Phi) is 4.48. The van der Waals surface area contributed by atoms with Crippen LogP contribution in [-0.2, 0) is 6.42 Å². The minimum Gasteiger partial charge on any atom is -0.459 e. The van der Waals surface area contributed by atoms with Gasteiger partial charge in [-0.1, -0.05) is 25.1 Å². The monoisotopic (exact) mass is 328 g/mol. The first kappa shape index (κ1) is 15.7. The summed E-state index contributed by atoms with van der Waals surface area (Å²) in [5.74, 6) is 0.819. The Morgan fingerprint density at radius 3 is 2.78 bits per heavy atom. The van der Waals surface area contributed by atoms with Gasteiger partial charge in [-0.2, -0.15) is 0 Å². The zero-order chi connectivity index (χ0) is 16.4. The van der Waals surface area contributed by atoms with Crippen LogP contribution in [0.3, 0.4) is 0 Å². The Balaban J connectivity index is 1.88. The third-order valence-corrected chi connectivity index (χ3v) is 5.12. The van der Waals surface area contributed by atoms with Crippen molar-refractivity contribution in [3.63, 3.8) is 0 Å². The highest BCUT2D eigenvalue weighted by atomic mass is 32.1. The summed E-state index contributed by atoms with van der Waals surface area (Å²) < 4.78 is 5.92. The molecule has 1 atom stereocenters. The minimum absolute atomic E-state index is 0.0117. The maximum atomic E-state index is 12.8. The first-order chi connectivity index (χ1) is 11.1. The summed E-state index contributed by atoms with van der Waals surface area (Å²) in [6.45, 7) is 6.65. The number of nitrogens with zero attached hydrogens (tertiary/aromatic N) is 2. The van der Waals surface area contributed by atoms with Crippen LogP contribution in [0.1, 0.15) is 47.3 Å². The number of carbonyl (C=O) groups excluding carboxylic acids is 1. The molecule has 0 spiro atoms. The maximum absolute atomic E-state index is 12.8. The molecule has 2 aromatic heterocycles. The Morgan fingerprint density at radius 1 is 1.35 bits per heavy atom. The molecule has 23 heavy (non-hydrogen) atoms. The first-order valence-corrected chi connectivity index (χ1v) is 8.69. The SMILES string of the molecule is CCc1ncc(C(=O)N(CC)C(C)c2cc3ccccc3o2)s1. The van der Waals surface area contributed by atoms with Crippen molar-refractivity contribution in [2.24, 2.45) is 0 Å². The van der Waals surface area contributed by atoms with Crippen LogP contribution >= 0.6 is 11.3 Å². The highest BCUT2D eigenvalue weighted by Crippen LogP contribution is 2.29. The molecule has 0 bridgehead atoms. The number of aryl methyl sites for hydroxylation is 1. The van der Waals surface area contributed by atoms with Gasteiger partial charge >= 0.3 is 0 Å². The lowest BCUT2D eigenvalue weighted by Crippen LogP contribution is -2.32. The van der Waals surface area contributed by atoms with Gasteiger partial charge in [-0.15, -0.1) is 11.3 Å². The second-order valence-electron chi connectivity index (χ2n) is 5.43. The normalized spacial score (nSPS) is 12.5. The summed E-state index contributed by atoms with van der Waals surface area (Å²) in [4.78, 5) is 19.6. The van der Waals surface area contributed by atoms with Crippen molar-refractivity contribution < 1.29 is 9.21 Å². The molecule has 0 aliphatic rings. The van der Waals surface area contributed by atoms with E-state index in [2.05, 4.69) is 4.98 Å². The van der Waals surface area contributed by atoms with Crippen LogP contribution in [0.25, 0.3) is 11.0 Å². The fourth-order valence-electron chi connectivity index (χ4n) is 2.67. The Morgan fingerprint density at radius 2 is 2.13 bits per heavy atom. The number of amides is 1. The number of carbonyl (C=O) groups is 1. The lowest BCUT2D eigenvalue weighted by Gasteiger charge is -2.25. The number of para-hydroxylation sites is 1. The molecule has 0 aliphatic carbocycles. The van der Waals surface area contributed by atoms with E-state index in [-0.39, 0.29) is 11.9 Å². The van der Waals surface area contributed by atoms with Crippen LogP contribution in [0.5, 0.6) is 0 Å². The standard InChI is InChI=1S/C18H20N2O2S/c1-4-17-19-11-16(23-17)18(21)20(5-2)12(3)15-10-13-8-6-7-9-14(13)22-15/h6-12H,4-5H2,1-3H3. The smallest absolute Gasteiger partial charge is 0.266 e. The molecule has 1 unspecified atom stereocenters. The fourth-order valence-corrected chi connectivity index (χ4v) is 3.48. The summed E-state index contributed by atoms with van der Waals surface area (Å²) in [6, 6.07) is 9.79. The number of hydrogen-bond donors (Lipinski definition) is 0. The molecule has 0 radical (unpaired) electrons. The Labute approximate surface area is 139 Å². The number of benzene rings is 1. The van der Waals surface area contributed by atoms with Crippen LogP contribution in [0.2, 0.25) is 0 Å². The van der Waals surface area contributed by atoms with Gasteiger partial charge in [0.1, 0.15) is 16.2 Å². The van der Waals surface area contributed by atoms with Crippen molar-refractivity contribution in [2.75, 3.05) is 6.54 Å². The topological polar surface area (TPSA) is 46.3 Å². The van der Waals surface area contributed by atoms with Crippen molar-refractivity contribution in [3.8, 4) is 0 Å². The van der Waals surface area contributed by atoms with Gasteiger partial charge in [0.15, 0.2) is 0 Å². The molecule has 4 nitrogen and oxygen atoms in total. The van der Waals surface area contributed by atoms with E-state index in [1.54, 1.807) is 6.20 Å². The third kappa shape index (κ3) is 3.01. The van der Waals surface area contributed by atoms with E-state index in [4.69, 9.17) is 4.42 Å². The van der Waals surface area contributed by atoms with Gasteiger partial charge in [-0.05, 0) is 32.4 Å². The summed E-state index contributed by atoms with van der Waals surface area (Å²) in [7, 11) is 0. The summed E-state index contributed by atoms with van der Waals surface area (Å²) in [5, 5.41) is 2.05. The molecule has 0 aliphatic heterocycles. The van der Waals surface area contributed by atoms with E-state index >= 15 is 0 Å². The second-order valence-corrected chi connectivity index (χ2v) is 6.54. The lowest BCUT2D eigenvalue weighted by atomic mass is 10.2. The van der Waals surface area contributed by atoms with Crippen LogP contribution in [-0.4, -0.2) is 22.3 Å². The van der Waals surface area contributed by atoms with E-state index in [1.807, 2.05) is 56.0 Å². The van der Waals surface area contributed by atoms with E-state index in [1.165, 1.54) is 11.3 Å². The number of rotatable bonds is 5. The molecule has 1 amide bonds. The van der Waals surface area contributed by atoms with Gasteiger partial charge in [-0.25, -0.2) is 4.98 Å². The zero-order valence-electron chi connectivity index (χ0n) is 13.6. The van der Waals surface area contributed by atoms with Crippen molar-refractivity contribution in [3.05, 3.63) is 52.2 Å². The number of thiazole rings is 1. The predicted molar refractivity (Wildman–Crippen MR) is 92.8 cm³/mol. The summed E-state index contributed by atoms with van der Waals surface area (Å²) >= 11 is 1.47. The van der Waals surface area contributed by atoms with Crippen LogP contribution in [0.4, 0.5) is 0 Å². The molecule has 3 rings (SSSR count). The third-order valence-electron chi connectivity index (χ3n) is 3.99. The molecule has 0 fully saturated rings. The van der Waals surface area contributed by atoms with Gasteiger partial charge < -0.3 is 9.32 Å². The molecule has 2 heterocycles. The van der Waals surface area contributed by atoms with Crippen molar-refractivity contribution in [2.45, 2.75) is 33.2 Å². The van der Waals surface area contributed by atoms with Crippen LogP contribution in [0.15, 0.2) is 40.9 Å². The zero-order valence-corrected chi connectivity index (χ0v) is 14.4. The molecule has 0 saturated heterocycles. The lowest BCUT2D eigenvalue weighted by molar-refractivity contribution is 0.0689. The van der Waals surface area contributed by atoms with Gasteiger partial charge in [0.05, 0.1) is 17.2 Å². The van der Waals surface area contributed by atoms with E-state index in [0.717, 1.165) is 28.2 Å². The average Bonchev–Trinajstić information content (AvgIpc) is 3.21. The molecular formula is C18H20N2O2S. The Hall–Kier alpha value is -2.14. The van der Waals surface area contributed by atoms with Crippen LogP contribution in [0, 0.1) is 0 Å². The molecular weight excluding hydrogens is 308 g/mol. The quantitative estimate of drug-likeness (QED) is 0.683. The number of fused-ring (bicyclic) bond motifs is 1. The number of aromatic nitrogens is 1. The fraction of sp³-hybridized carbons (Fsp3) is 0.333. The highest BCUT2D eigenvalue weighted by molar-refractivity contribution is 7.13. The molecule has 5 heteroatoms. The van der Waals surface area contributed by atoms with Gasteiger partial charge in [0.25, 0.3) is 5.91 Å². The Bertz CT molecular complexity index is 788. The molecule has 120 valence electrons. The van der Waals surface area contributed by atoms with Crippen molar-refractivity contribution in [1.29, 1.82) is 0 Å². The predicted octanol–water partition coefficient (Wildman–Crippen LogP) is 4.68.